The molecule has 21 heavy (non-hydrogen) atoms. The SMILES string of the molecule is CN1CCN(C(=O)c2cc(=O)cc[nH]2)Cc2cccnc21. The molecule has 1 aliphatic rings. The summed E-state index contributed by atoms with van der Waals surface area (Å²) < 4.78 is 0. The summed E-state index contributed by atoms with van der Waals surface area (Å²) in [6.07, 6.45) is 3.25. The van der Waals surface area contributed by atoms with Gasteiger partial charge in [-0.1, -0.05) is 6.07 Å². The van der Waals surface area contributed by atoms with E-state index in [1.54, 1.807) is 11.1 Å². The predicted octanol–water partition coefficient (Wildman–Crippen LogP) is 0.862. The smallest absolute Gasteiger partial charge is 0.270 e. The largest absolute Gasteiger partial charge is 0.358 e. The van der Waals surface area contributed by atoms with Crippen molar-refractivity contribution in [2.24, 2.45) is 0 Å². The molecule has 1 amide bonds. The molecule has 0 fully saturated rings. The third-order valence-corrected chi connectivity index (χ3v) is 3.59. The summed E-state index contributed by atoms with van der Waals surface area (Å²) in [6.45, 7) is 1.78. The standard InChI is InChI=1S/C15H16N4O2/c1-18-7-8-19(10-11-3-2-5-17-14(11)18)15(21)13-9-12(20)4-6-16-13/h2-6,9H,7-8,10H2,1H3,(H,16,20). The first kappa shape index (κ1) is 13.4. The fourth-order valence-electron chi connectivity index (χ4n) is 2.47. The van der Waals surface area contributed by atoms with Crippen LogP contribution in [0, 0.1) is 0 Å². The number of aromatic nitrogens is 2. The van der Waals surface area contributed by atoms with Crippen LogP contribution in [0.2, 0.25) is 0 Å². The Labute approximate surface area is 122 Å². The molecule has 3 heterocycles. The number of hydrogen-bond acceptors (Lipinski definition) is 4. The molecule has 6 heteroatoms. The van der Waals surface area contributed by atoms with Crippen molar-refractivity contribution in [3.05, 3.63) is 58.1 Å². The molecule has 0 radical (unpaired) electrons. The zero-order valence-electron chi connectivity index (χ0n) is 11.7. The first-order valence-electron chi connectivity index (χ1n) is 6.78. The zero-order valence-corrected chi connectivity index (χ0v) is 11.7. The van der Waals surface area contributed by atoms with Gasteiger partial charge in [-0.05, 0) is 6.07 Å². The van der Waals surface area contributed by atoms with E-state index in [1.807, 2.05) is 24.1 Å². The van der Waals surface area contributed by atoms with Gasteiger partial charge in [0, 0.05) is 56.8 Å². The molecule has 0 spiro atoms. The van der Waals surface area contributed by atoms with Crippen molar-refractivity contribution in [3.63, 3.8) is 0 Å². The highest BCUT2D eigenvalue weighted by molar-refractivity contribution is 5.92. The third-order valence-electron chi connectivity index (χ3n) is 3.59. The van der Waals surface area contributed by atoms with Gasteiger partial charge in [-0.2, -0.15) is 0 Å². The Morgan fingerprint density at radius 1 is 1.33 bits per heavy atom. The first-order valence-corrected chi connectivity index (χ1v) is 6.78. The van der Waals surface area contributed by atoms with Crippen LogP contribution in [0.1, 0.15) is 16.1 Å². The van der Waals surface area contributed by atoms with Crippen LogP contribution in [0.5, 0.6) is 0 Å². The Morgan fingerprint density at radius 2 is 2.19 bits per heavy atom. The van der Waals surface area contributed by atoms with Crippen molar-refractivity contribution in [3.8, 4) is 0 Å². The van der Waals surface area contributed by atoms with Crippen LogP contribution in [0.4, 0.5) is 5.82 Å². The summed E-state index contributed by atoms with van der Waals surface area (Å²) in [5, 5.41) is 0. The fraction of sp³-hybridized carbons (Fsp3) is 0.267. The molecule has 1 N–H and O–H groups in total. The summed E-state index contributed by atoms with van der Waals surface area (Å²) in [6, 6.07) is 6.57. The minimum absolute atomic E-state index is 0.169. The minimum Gasteiger partial charge on any atom is -0.358 e. The van der Waals surface area contributed by atoms with Gasteiger partial charge in [0.2, 0.25) is 0 Å². The average molecular weight is 284 g/mol. The second-order valence-corrected chi connectivity index (χ2v) is 5.07. The van der Waals surface area contributed by atoms with E-state index in [1.165, 1.54) is 18.3 Å². The van der Waals surface area contributed by atoms with Crippen molar-refractivity contribution in [1.82, 2.24) is 14.9 Å². The Kier molecular flexibility index (Phi) is 3.43. The number of amides is 1. The lowest BCUT2D eigenvalue weighted by molar-refractivity contribution is 0.0745. The average Bonchev–Trinajstić information content (AvgIpc) is 2.66. The van der Waals surface area contributed by atoms with E-state index in [2.05, 4.69) is 9.97 Å². The van der Waals surface area contributed by atoms with Gasteiger partial charge >= 0.3 is 0 Å². The highest BCUT2D eigenvalue weighted by Gasteiger charge is 2.23. The molecule has 0 bridgehead atoms. The van der Waals surface area contributed by atoms with Crippen LogP contribution in [-0.2, 0) is 6.54 Å². The lowest BCUT2D eigenvalue weighted by Gasteiger charge is -2.20. The van der Waals surface area contributed by atoms with E-state index in [0.29, 0.717) is 25.3 Å². The van der Waals surface area contributed by atoms with Crippen LogP contribution >= 0.6 is 0 Å². The van der Waals surface area contributed by atoms with Gasteiger partial charge in [-0.15, -0.1) is 0 Å². The second kappa shape index (κ2) is 5.40. The number of likely N-dealkylation sites (N-methyl/N-ethyl adjacent to an activating group) is 1. The molecule has 0 aliphatic carbocycles. The number of carbonyl (C=O) groups excluding carboxylic acids is 1. The van der Waals surface area contributed by atoms with Crippen LogP contribution in [0.15, 0.2) is 41.5 Å². The van der Waals surface area contributed by atoms with Crippen molar-refractivity contribution < 1.29 is 4.79 Å². The number of hydrogen-bond donors (Lipinski definition) is 1. The molecule has 0 saturated heterocycles. The number of H-pyrrole nitrogens is 1. The molecule has 0 atom stereocenters. The third kappa shape index (κ3) is 2.65. The molecular formula is C15H16N4O2. The number of aromatic amines is 1. The van der Waals surface area contributed by atoms with Crippen molar-refractivity contribution in [1.29, 1.82) is 0 Å². The Hall–Kier alpha value is -2.63. The van der Waals surface area contributed by atoms with E-state index in [4.69, 9.17) is 0 Å². The quantitative estimate of drug-likeness (QED) is 0.843. The van der Waals surface area contributed by atoms with Gasteiger partial charge in [0.25, 0.3) is 5.91 Å². The number of fused-ring (bicyclic) bond motifs is 1. The number of nitrogens with one attached hydrogen (secondary N) is 1. The molecule has 3 rings (SSSR count). The van der Waals surface area contributed by atoms with Gasteiger partial charge in [0.1, 0.15) is 11.5 Å². The Morgan fingerprint density at radius 3 is 3.00 bits per heavy atom. The fourth-order valence-corrected chi connectivity index (χ4v) is 2.47. The maximum atomic E-state index is 12.5. The summed E-state index contributed by atoms with van der Waals surface area (Å²) in [5.74, 6) is 0.729. The van der Waals surface area contributed by atoms with Crippen LogP contribution < -0.4 is 10.3 Å². The number of anilines is 1. The molecule has 2 aromatic rings. The summed E-state index contributed by atoms with van der Waals surface area (Å²) in [7, 11) is 1.96. The zero-order chi connectivity index (χ0) is 14.8. The van der Waals surface area contributed by atoms with E-state index < -0.39 is 0 Å². The number of nitrogens with zero attached hydrogens (tertiary/aromatic N) is 3. The van der Waals surface area contributed by atoms with Crippen LogP contribution in [-0.4, -0.2) is 40.9 Å². The second-order valence-electron chi connectivity index (χ2n) is 5.07. The summed E-state index contributed by atoms with van der Waals surface area (Å²) in [5.41, 5.74) is 1.15. The minimum atomic E-state index is -0.175. The topological polar surface area (TPSA) is 69.3 Å². The number of carbonyl (C=O) groups is 1. The van der Waals surface area contributed by atoms with Crippen molar-refractivity contribution in [2.75, 3.05) is 25.0 Å². The van der Waals surface area contributed by atoms with Crippen molar-refractivity contribution >= 4 is 11.7 Å². The van der Waals surface area contributed by atoms with E-state index >= 15 is 0 Å². The molecule has 1 aliphatic heterocycles. The monoisotopic (exact) mass is 284 g/mol. The summed E-state index contributed by atoms with van der Waals surface area (Å²) >= 11 is 0. The van der Waals surface area contributed by atoms with Gasteiger partial charge < -0.3 is 14.8 Å². The highest BCUT2D eigenvalue weighted by atomic mass is 16.2. The normalized spacial score (nSPS) is 14.5. The Bertz CT molecular complexity index is 725. The lowest BCUT2D eigenvalue weighted by atomic mass is 10.2. The molecular weight excluding hydrogens is 268 g/mol. The lowest BCUT2D eigenvalue weighted by Crippen LogP contribution is -2.35. The predicted molar refractivity (Wildman–Crippen MR) is 79.3 cm³/mol. The molecule has 0 aromatic carbocycles. The van der Waals surface area contributed by atoms with E-state index in [9.17, 15) is 9.59 Å². The van der Waals surface area contributed by atoms with E-state index in [-0.39, 0.29) is 11.3 Å². The molecule has 6 nitrogen and oxygen atoms in total. The number of rotatable bonds is 1. The van der Waals surface area contributed by atoms with Gasteiger partial charge in [0.15, 0.2) is 5.43 Å². The maximum absolute atomic E-state index is 12.5. The van der Waals surface area contributed by atoms with Crippen LogP contribution in [0.25, 0.3) is 0 Å². The van der Waals surface area contributed by atoms with Crippen molar-refractivity contribution in [2.45, 2.75) is 6.54 Å². The summed E-state index contributed by atoms with van der Waals surface area (Å²) in [4.78, 5) is 34.9. The molecule has 0 saturated carbocycles. The number of pyridine rings is 2. The van der Waals surface area contributed by atoms with Gasteiger partial charge in [-0.3, -0.25) is 9.59 Å². The first-order chi connectivity index (χ1) is 10.1. The maximum Gasteiger partial charge on any atom is 0.270 e. The Balaban J connectivity index is 1.91. The molecule has 108 valence electrons. The molecule has 2 aromatic heterocycles. The van der Waals surface area contributed by atoms with Gasteiger partial charge in [-0.25, -0.2) is 4.98 Å². The molecule has 0 unspecified atom stereocenters. The highest BCUT2D eigenvalue weighted by Crippen LogP contribution is 2.21. The van der Waals surface area contributed by atoms with E-state index in [0.717, 1.165) is 11.4 Å². The van der Waals surface area contributed by atoms with Gasteiger partial charge in [0.05, 0.1) is 0 Å². The van der Waals surface area contributed by atoms with Crippen LogP contribution in [0.3, 0.4) is 0 Å².